The van der Waals surface area contributed by atoms with Gasteiger partial charge >= 0.3 is 0 Å². The largest absolute Gasteiger partial charge is 0.384 e. The maximum Gasteiger partial charge on any atom is 0.274 e. The number of thioether (sulfide) groups is 1. The van der Waals surface area contributed by atoms with Gasteiger partial charge in [0, 0.05) is 47.0 Å². The van der Waals surface area contributed by atoms with Gasteiger partial charge in [-0.2, -0.15) is 0 Å². The number of amides is 6. The molecule has 3 aromatic carbocycles. The van der Waals surface area contributed by atoms with Crippen LogP contribution in [0.5, 0.6) is 0 Å². The number of benzene rings is 3. The maximum absolute atomic E-state index is 13.3. The minimum Gasteiger partial charge on any atom is -0.384 e. The fourth-order valence-electron chi connectivity index (χ4n) is 5.85. The van der Waals surface area contributed by atoms with Crippen molar-refractivity contribution in [1.29, 1.82) is 0 Å². The predicted octanol–water partition coefficient (Wildman–Crippen LogP) is 3.09. The van der Waals surface area contributed by atoms with Crippen LogP contribution in [0.15, 0.2) is 77.8 Å². The molecule has 0 saturated carbocycles. The lowest BCUT2D eigenvalue weighted by molar-refractivity contribution is -0.136. The summed E-state index contributed by atoms with van der Waals surface area (Å²) in [6.07, 6.45) is 4.19. The van der Waals surface area contributed by atoms with Crippen molar-refractivity contribution in [3.63, 3.8) is 0 Å². The zero-order valence-electron chi connectivity index (χ0n) is 27.3. The maximum atomic E-state index is 13.3. The molecule has 262 valence electrons. The van der Waals surface area contributed by atoms with Crippen LogP contribution in [0.2, 0.25) is 0 Å². The molecule has 6 amide bonds. The third-order valence-electron chi connectivity index (χ3n) is 8.42. The van der Waals surface area contributed by atoms with Crippen molar-refractivity contribution >= 4 is 52.9 Å². The van der Waals surface area contributed by atoms with Crippen LogP contribution in [0.3, 0.4) is 0 Å². The fourth-order valence-corrected chi connectivity index (χ4v) is 6.68. The molecule has 51 heavy (non-hydrogen) atoms. The summed E-state index contributed by atoms with van der Waals surface area (Å²) in [6, 6.07) is 17.8. The number of aromatic nitrogens is 3. The summed E-state index contributed by atoms with van der Waals surface area (Å²) >= 11 is 1.50. The Kier molecular flexibility index (Phi) is 10.8. The van der Waals surface area contributed by atoms with Gasteiger partial charge in [0.15, 0.2) is 0 Å². The summed E-state index contributed by atoms with van der Waals surface area (Å²) < 4.78 is 1.54. The molecule has 0 aliphatic carbocycles. The Morgan fingerprint density at radius 3 is 2.47 bits per heavy atom. The molecule has 0 radical (unpaired) electrons. The molecule has 0 bridgehead atoms. The van der Waals surface area contributed by atoms with Gasteiger partial charge in [0.1, 0.15) is 6.04 Å². The molecule has 15 nitrogen and oxygen atoms in total. The Morgan fingerprint density at radius 2 is 1.67 bits per heavy atom. The van der Waals surface area contributed by atoms with Gasteiger partial charge in [0.05, 0.1) is 28.7 Å². The summed E-state index contributed by atoms with van der Waals surface area (Å²) in [6.45, 7) is 1.01. The van der Waals surface area contributed by atoms with Crippen LogP contribution in [-0.4, -0.2) is 79.7 Å². The topological polar surface area (TPSA) is 205 Å². The summed E-state index contributed by atoms with van der Waals surface area (Å²) in [5.41, 5.74) is 4.70. The second-order valence-corrected chi connectivity index (χ2v) is 12.9. The molecule has 5 N–H and O–H groups in total. The molecule has 1 aromatic heterocycles. The van der Waals surface area contributed by atoms with Gasteiger partial charge in [-0.05, 0) is 74.2 Å². The van der Waals surface area contributed by atoms with Gasteiger partial charge in [-0.25, -0.2) is 10.2 Å². The molecule has 3 heterocycles. The standard InChI is InChI=1S/C35H34N8O7S/c44-29-14-13-28(33(47)38-29)43-34(48)26-11-6-12-27(30(26)35(43)49)36-15-2-1-3-16-37-31(45)22-8-5-10-25(18-22)51-20-23-19-42(41-39-23)24-9-4-7-21(17-24)32(46)40-50/h4-12,17-19,28,36,50H,1-3,13-16,20H2,(H,37,45)(H,40,46)(H,38,44,47). The van der Waals surface area contributed by atoms with E-state index in [4.69, 9.17) is 5.21 Å². The highest BCUT2D eigenvalue weighted by Gasteiger charge is 2.45. The lowest BCUT2D eigenvalue weighted by atomic mass is 10.0. The van der Waals surface area contributed by atoms with Gasteiger partial charge in [-0.1, -0.05) is 23.4 Å². The second kappa shape index (κ2) is 15.8. The Labute approximate surface area is 296 Å². The van der Waals surface area contributed by atoms with Crippen molar-refractivity contribution in [3.8, 4) is 5.69 Å². The molecule has 1 saturated heterocycles. The number of anilines is 1. The first-order chi connectivity index (χ1) is 24.7. The first kappa shape index (κ1) is 35.0. The van der Waals surface area contributed by atoms with Gasteiger partial charge in [-0.15, -0.1) is 16.9 Å². The van der Waals surface area contributed by atoms with E-state index in [0.29, 0.717) is 41.5 Å². The van der Waals surface area contributed by atoms with Crippen molar-refractivity contribution in [1.82, 2.24) is 36.0 Å². The van der Waals surface area contributed by atoms with E-state index in [0.717, 1.165) is 29.1 Å². The van der Waals surface area contributed by atoms with Crippen molar-refractivity contribution in [3.05, 3.63) is 101 Å². The molecule has 16 heteroatoms. The number of fused-ring (bicyclic) bond motifs is 1. The fraction of sp³-hybridized carbons (Fsp3) is 0.257. The third kappa shape index (κ3) is 7.97. The molecule has 4 aromatic rings. The zero-order chi connectivity index (χ0) is 35.9. The summed E-state index contributed by atoms with van der Waals surface area (Å²) in [5, 5.41) is 25.6. The molecule has 1 atom stereocenters. The number of carbonyl (C=O) groups excluding carboxylic acids is 6. The summed E-state index contributed by atoms with van der Waals surface area (Å²) in [5.74, 6) is -2.48. The monoisotopic (exact) mass is 710 g/mol. The van der Waals surface area contributed by atoms with E-state index in [1.807, 2.05) is 18.2 Å². The van der Waals surface area contributed by atoms with E-state index in [1.54, 1.807) is 64.9 Å². The quantitative estimate of drug-likeness (QED) is 0.0423. The molecule has 2 aliphatic rings. The van der Waals surface area contributed by atoms with Crippen LogP contribution in [-0.2, 0) is 15.3 Å². The highest BCUT2D eigenvalue weighted by Crippen LogP contribution is 2.32. The molecule has 0 spiro atoms. The number of piperidine rings is 1. The summed E-state index contributed by atoms with van der Waals surface area (Å²) in [4.78, 5) is 76.6. The first-order valence-electron chi connectivity index (χ1n) is 16.3. The van der Waals surface area contributed by atoms with E-state index >= 15 is 0 Å². The van der Waals surface area contributed by atoms with Crippen LogP contribution >= 0.6 is 11.8 Å². The Morgan fingerprint density at radius 1 is 0.902 bits per heavy atom. The zero-order valence-corrected chi connectivity index (χ0v) is 28.1. The van der Waals surface area contributed by atoms with Crippen molar-refractivity contribution in [2.75, 3.05) is 18.4 Å². The van der Waals surface area contributed by atoms with Crippen LogP contribution in [0.4, 0.5) is 5.69 Å². The van der Waals surface area contributed by atoms with E-state index < -0.39 is 35.6 Å². The van der Waals surface area contributed by atoms with Crippen molar-refractivity contribution < 1.29 is 34.0 Å². The lowest BCUT2D eigenvalue weighted by Gasteiger charge is -2.27. The highest BCUT2D eigenvalue weighted by atomic mass is 32.2. The van der Waals surface area contributed by atoms with Crippen LogP contribution in [0.25, 0.3) is 5.69 Å². The van der Waals surface area contributed by atoms with E-state index in [-0.39, 0.29) is 35.4 Å². The normalized spacial score (nSPS) is 15.4. The first-order valence-corrected chi connectivity index (χ1v) is 17.3. The molecular weight excluding hydrogens is 677 g/mol. The van der Waals surface area contributed by atoms with E-state index in [2.05, 4.69) is 26.3 Å². The molecule has 6 rings (SSSR count). The van der Waals surface area contributed by atoms with E-state index in [9.17, 15) is 28.8 Å². The third-order valence-corrected chi connectivity index (χ3v) is 9.45. The van der Waals surface area contributed by atoms with Gasteiger partial charge in [-0.3, -0.25) is 44.2 Å². The number of rotatable bonds is 14. The SMILES string of the molecule is O=C1CCC(N2C(=O)c3cccc(NCCCCCNC(=O)c4cccc(SCc5cn(-c6cccc(C(=O)NO)c6)nn5)c4)c3C2=O)C(=O)N1. The van der Waals surface area contributed by atoms with Gasteiger partial charge in [0.2, 0.25) is 11.8 Å². The predicted molar refractivity (Wildman–Crippen MR) is 184 cm³/mol. The van der Waals surface area contributed by atoms with Crippen molar-refractivity contribution in [2.24, 2.45) is 0 Å². The minimum atomic E-state index is -1.02. The molecule has 1 unspecified atom stereocenters. The Hall–Kier alpha value is -5.87. The van der Waals surface area contributed by atoms with Crippen LogP contribution < -0.4 is 21.4 Å². The minimum absolute atomic E-state index is 0.0584. The lowest BCUT2D eigenvalue weighted by Crippen LogP contribution is -2.54. The number of imide groups is 2. The number of nitrogens with one attached hydrogen (secondary N) is 4. The number of hydrogen-bond acceptors (Lipinski definition) is 11. The molecule has 2 aliphatic heterocycles. The second-order valence-electron chi connectivity index (χ2n) is 11.9. The van der Waals surface area contributed by atoms with Gasteiger partial charge < -0.3 is 10.6 Å². The average Bonchev–Trinajstić information content (AvgIpc) is 3.72. The smallest absolute Gasteiger partial charge is 0.274 e. The number of nitrogens with zero attached hydrogens (tertiary/aromatic N) is 4. The summed E-state index contributed by atoms with van der Waals surface area (Å²) in [7, 11) is 0. The molecule has 1 fully saturated rings. The number of carbonyl (C=O) groups is 6. The Balaban J connectivity index is 0.926. The molecular formula is C35H34N8O7S. The average molecular weight is 711 g/mol. The van der Waals surface area contributed by atoms with Crippen LogP contribution in [0, 0.1) is 0 Å². The number of hydrogen-bond donors (Lipinski definition) is 5. The van der Waals surface area contributed by atoms with Gasteiger partial charge in [0.25, 0.3) is 23.6 Å². The Bertz CT molecular complexity index is 2010. The number of unbranched alkanes of at least 4 members (excludes halogenated alkanes) is 2. The van der Waals surface area contributed by atoms with Crippen LogP contribution in [0.1, 0.15) is 79.2 Å². The highest BCUT2D eigenvalue weighted by molar-refractivity contribution is 7.98. The van der Waals surface area contributed by atoms with Crippen molar-refractivity contribution in [2.45, 2.75) is 48.8 Å². The van der Waals surface area contributed by atoms with E-state index in [1.165, 1.54) is 11.8 Å². The number of hydroxylamine groups is 1.